The average Bonchev–Trinajstić information content (AvgIpc) is 3.15. The van der Waals surface area contributed by atoms with Gasteiger partial charge in [0.15, 0.2) is 0 Å². The number of ether oxygens (including phenoxy) is 1. The zero-order valence-corrected chi connectivity index (χ0v) is 16.6. The Morgan fingerprint density at radius 2 is 2.15 bits per heavy atom. The summed E-state index contributed by atoms with van der Waals surface area (Å²) in [6, 6.07) is 10.1. The van der Waals surface area contributed by atoms with Crippen molar-refractivity contribution in [3.8, 4) is 5.75 Å². The second-order valence-electron chi connectivity index (χ2n) is 6.93. The summed E-state index contributed by atoms with van der Waals surface area (Å²) in [6.45, 7) is 6.39. The normalized spacial score (nSPS) is 17.7. The van der Waals surface area contributed by atoms with Crippen LogP contribution in [0.15, 0.2) is 35.7 Å². The molecule has 2 unspecified atom stereocenters. The molecule has 0 radical (unpaired) electrons. The summed E-state index contributed by atoms with van der Waals surface area (Å²) in [5.41, 5.74) is 2.30. The van der Waals surface area contributed by atoms with Crippen LogP contribution in [0.3, 0.4) is 0 Å². The van der Waals surface area contributed by atoms with Gasteiger partial charge >= 0.3 is 0 Å². The lowest BCUT2D eigenvalue weighted by atomic mass is 9.92. The molecular formula is C21H28N2O2S. The minimum Gasteiger partial charge on any atom is -0.496 e. The van der Waals surface area contributed by atoms with E-state index in [9.17, 15) is 4.79 Å². The molecule has 3 rings (SSSR count). The Kier molecular flexibility index (Phi) is 6.33. The zero-order valence-electron chi connectivity index (χ0n) is 15.8. The number of nitrogens with zero attached hydrogens (tertiary/aromatic N) is 1. The third-order valence-corrected chi connectivity index (χ3v) is 6.18. The van der Waals surface area contributed by atoms with Crippen molar-refractivity contribution in [1.82, 2.24) is 10.2 Å². The summed E-state index contributed by atoms with van der Waals surface area (Å²) in [7, 11) is 1.69. The number of amides is 1. The summed E-state index contributed by atoms with van der Waals surface area (Å²) in [6.07, 6.45) is 2.04. The molecule has 0 fully saturated rings. The molecule has 2 heterocycles. The number of nitrogens with one attached hydrogen (secondary N) is 1. The molecule has 5 heteroatoms. The molecule has 2 atom stereocenters. The Balaban J connectivity index is 1.85. The van der Waals surface area contributed by atoms with Crippen molar-refractivity contribution in [2.24, 2.45) is 5.92 Å². The zero-order chi connectivity index (χ0) is 18.5. The smallest absolute Gasteiger partial charge is 0.237 e. The van der Waals surface area contributed by atoms with Crippen molar-refractivity contribution in [1.29, 1.82) is 0 Å². The highest BCUT2D eigenvalue weighted by atomic mass is 32.1. The molecule has 0 aliphatic carbocycles. The summed E-state index contributed by atoms with van der Waals surface area (Å²) in [5.74, 6) is 1.57. The maximum absolute atomic E-state index is 13.0. The van der Waals surface area contributed by atoms with Gasteiger partial charge in [-0.3, -0.25) is 4.79 Å². The Labute approximate surface area is 160 Å². The highest BCUT2D eigenvalue weighted by molar-refractivity contribution is 7.10. The number of para-hydroxylation sites is 1. The topological polar surface area (TPSA) is 41.6 Å². The van der Waals surface area contributed by atoms with E-state index >= 15 is 0 Å². The summed E-state index contributed by atoms with van der Waals surface area (Å²) < 4.78 is 5.60. The number of fused-ring (bicyclic) bond motifs is 1. The predicted octanol–water partition coefficient (Wildman–Crippen LogP) is 3.87. The molecule has 26 heavy (non-hydrogen) atoms. The van der Waals surface area contributed by atoms with Gasteiger partial charge in [-0.2, -0.15) is 0 Å². The van der Waals surface area contributed by atoms with E-state index in [1.54, 1.807) is 18.4 Å². The average molecular weight is 373 g/mol. The van der Waals surface area contributed by atoms with Crippen LogP contribution in [0, 0.1) is 5.92 Å². The molecular weight excluding hydrogens is 344 g/mol. The first-order valence-electron chi connectivity index (χ1n) is 9.35. The lowest BCUT2D eigenvalue weighted by Crippen LogP contribution is -2.44. The van der Waals surface area contributed by atoms with Crippen molar-refractivity contribution in [3.63, 3.8) is 0 Å². The predicted molar refractivity (Wildman–Crippen MR) is 107 cm³/mol. The number of carbonyl (C=O) groups is 1. The molecule has 0 saturated heterocycles. The SMILES string of the molecule is CCC(C)CNCC(=O)N1CCc2sccc2C1c1ccccc1OC. The van der Waals surface area contributed by atoms with Gasteiger partial charge in [0.1, 0.15) is 5.75 Å². The Bertz CT molecular complexity index is 743. The summed E-state index contributed by atoms with van der Waals surface area (Å²) in [4.78, 5) is 16.4. The number of methoxy groups -OCH3 is 1. The standard InChI is InChI=1S/C21H28N2O2S/c1-4-15(2)13-22-14-20(24)23-11-9-19-17(10-12-26-19)21(23)16-7-5-6-8-18(16)25-3/h5-8,10,12,15,21-22H,4,9,11,13-14H2,1-3H3. The molecule has 1 N–H and O–H groups in total. The van der Waals surface area contributed by atoms with Crippen LogP contribution >= 0.6 is 11.3 Å². The fraction of sp³-hybridized carbons (Fsp3) is 0.476. The quantitative estimate of drug-likeness (QED) is 0.802. The van der Waals surface area contributed by atoms with Crippen LogP contribution in [0.2, 0.25) is 0 Å². The number of rotatable bonds is 7. The number of hydrogen-bond acceptors (Lipinski definition) is 4. The minimum atomic E-state index is -0.0703. The molecule has 1 aromatic carbocycles. The van der Waals surface area contributed by atoms with Crippen LogP contribution in [-0.2, 0) is 11.2 Å². The van der Waals surface area contributed by atoms with Crippen LogP contribution in [0.25, 0.3) is 0 Å². The van der Waals surface area contributed by atoms with Crippen LogP contribution < -0.4 is 10.1 Å². The molecule has 4 nitrogen and oxygen atoms in total. The summed E-state index contributed by atoms with van der Waals surface area (Å²) >= 11 is 1.78. The van der Waals surface area contributed by atoms with E-state index in [0.717, 1.165) is 37.2 Å². The molecule has 2 aromatic rings. The first kappa shape index (κ1) is 18.9. The molecule has 1 aliphatic rings. The third kappa shape index (κ3) is 3.94. The molecule has 0 bridgehead atoms. The van der Waals surface area contributed by atoms with Gasteiger partial charge in [-0.05, 0) is 42.0 Å². The van der Waals surface area contributed by atoms with Gasteiger partial charge in [0.25, 0.3) is 0 Å². The molecule has 140 valence electrons. The Morgan fingerprint density at radius 3 is 2.92 bits per heavy atom. The molecule has 0 saturated carbocycles. The van der Waals surface area contributed by atoms with Gasteiger partial charge < -0.3 is 15.0 Å². The van der Waals surface area contributed by atoms with Crippen molar-refractivity contribution >= 4 is 17.2 Å². The number of thiophene rings is 1. The van der Waals surface area contributed by atoms with Crippen LogP contribution in [0.1, 0.15) is 42.3 Å². The Morgan fingerprint density at radius 1 is 1.35 bits per heavy atom. The number of benzene rings is 1. The second kappa shape index (κ2) is 8.69. The highest BCUT2D eigenvalue weighted by Gasteiger charge is 2.34. The van der Waals surface area contributed by atoms with Crippen LogP contribution in [-0.4, -0.2) is 37.6 Å². The lowest BCUT2D eigenvalue weighted by Gasteiger charge is -2.37. The van der Waals surface area contributed by atoms with E-state index in [1.165, 1.54) is 10.4 Å². The minimum absolute atomic E-state index is 0.0703. The van der Waals surface area contributed by atoms with Gasteiger partial charge in [0.2, 0.25) is 5.91 Å². The third-order valence-electron chi connectivity index (χ3n) is 5.19. The van der Waals surface area contributed by atoms with Gasteiger partial charge in [0.05, 0.1) is 19.7 Å². The second-order valence-corrected chi connectivity index (χ2v) is 7.93. The first-order valence-corrected chi connectivity index (χ1v) is 10.2. The van der Waals surface area contributed by atoms with E-state index in [1.807, 2.05) is 23.1 Å². The van der Waals surface area contributed by atoms with Crippen molar-refractivity contribution in [2.75, 3.05) is 26.7 Å². The van der Waals surface area contributed by atoms with Crippen LogP contribution in [0.4, 0.5) is 0 Å². The number of hydrogen-bond donors (Lipinski definition) is 1. The maximum atomic E-state index is 13.0. The van der Waals surface area contributed by atoms with E-state index in [0.29, 0.717) is 12.5 Å². The van der Waals surface area contributed by atoms with Crippen LogP contribution in [0.5, 0.6) is 5.75 Å². The monoisotopic (exact) mass is 372 g/mol. The van der Waals surface area contributed by atoms with E-state index in [-0.39, 0.29) is 11.9 Å². The first-order chi connectivity index (χ1) is 12.7. The van der Waals surface area contributed by atoms with Gasteiger partial charge in [-0.1, -0.05) is 38.5 Å². The van der Waals surface area contributed by atoms with Gasteiger partial charge in [-0.15, -0.1) is 11.3 Å². The number of carbonyl (C=O) groups excluding carboxylic acids is 1. The van der Waals surface area contributed by atoms with E-state index < -0.39 is 0 Å². The fourth-order valence-electron chi connectivity index (χ4n) is 3.48. The molecule has 1 amide bonds. The van der Waals surface area contributed by atoms with Crippen molar-refractivity contribution < 1.29 is 9.53 Å². The van der Waals surface area contributed by atoms with E-state index in [4.69, 9.17) is 4.74 Å². The molecule has 1 aliphatic heterocycles. The van der Waals surface area contributed by atoms with Crippen molar-refractivity contribution in [3.05, 3.63) is 51.7 Å². The van der Waals surface area contributed by atoms with Gasteiger partial charge in [-0.25, -0.2) is 0 Å². The summed E-state index contributed by atoms with van der Waals surface area (Å²) in [5, 5.41) is 5.46. The Hall–Kier alpha value is -1.85. The largest absolute Gasteiger partial charge is 0.496 e. The lowest BCUT2D eigenvalue weighted by molar-refractivity contribution is -0.132. The van der Waals surface area contributed by atoms with Crippen molar-refractivity contribution in [2.45, 2.75) is 32.7 Å². The van der Waals surface area contributed by atoms with Gasteiger partial charge in [0, 0.05) is 17.0 Å². The fourth-order valence-corrected chi connectivity index (χ4v) is 4.39. The maximum Gasteiger partial charge on any atom is 0.237 e. The highest BCUT2D eigenvalue weighted by Crippen LogP contribution is 2.40. The molecule has 0 spiro atoms. The van der Waals surface area contributed by atoms with E-state index in [2.05, 4.69) is 36.7 Å². The molecule has 1 aromatic heterocycles.